The molecule has 0 spiro atoms. The van der Waals surface area contributed by atoms with Crippen LogP contribution in [0.3, 0.4) is 0 Å². The highest BCUT2D eigenvalue weighted by molar-refractivity contribution is 6.03. The minimum Gasteiger partial charge on any atom is -0.494 e. The standard InChI is InChI=1S/C30H38FN7O4.ClH/c1-17(32-5)27(39)37-25(30(2,3)4)29(41)38-13-9-12-23(38)28(40)36-22-14-18-21(15-24(22)42-6)33-16-34-26(18)35-20-11-8-7-10-19(20)31;/h7-8,10-11,14-17,23,25,32H,9,12-13H2,1-6H3,(H,36,40)(H,37,39)(H,33,34,35);1H/t17-,23-,25+;/m0./s1. The summed E-state index contributed by atoms with van der Waals surface area (Å²) in [6.07, 6.45) is 2.46. The van der Waals surface area contributed by atoms with Crippen molar-refractivity contribution < 1.29 is 23.5 Å². The van der Waals surface area contributed by atoms with Gasteiger partial charge in [-0.25, -0.2) is 14.4 Å². The van der Waals surface area contributed by atoms with Crippen molar-refractivity contribution >= 4 is 58.2 Å². The monoisotopic (exact) mass is 615 g/mol. The number of hydrogen-bond donors (Lipinski definition) is 4. The smallest absolute Gasteiger partial charge is 0.247 e. The minimum absolute atomic E-state index is 0. The molecular formula is C30H39ClFN7O4. The van der Waals surface area contributed by atoms with Crippen LogP contribution in [0.4, 0.5) is 21.6 Å². The highest BCUT2D eigenvalue weighted by Gasteiger charge is 2.42. The Balaban J connectivity index is 0.00000506. The van der Waals surface area contributed by atoms with Crippen LogP contribution in [0.15, 0.2) is 42.7 Å². The average Bonchev–Trinajstić information content (AvgIpc) is 3.46. The normalized spacial score (nSPS) is 16.2. The lowest BCUT2D eigenvalue weighted by molar-refractivity contribution is -0.143. The first-order chi connectivity index (χ1) is 19.9. The molecule has 3 aromatic rings. The Morgan fingerprint density at radius 1 is 1.12 bits per heavy atom. The third-order valence-electron chi connectivity index (χ3n) is 7.41. The van der Waals surface area contributed by atoms with Crippen molar-refractivity contribution in [3.63, 3.8) is 0 Å². The number of amides is 3. The number of methoxy groups -OCH3 is 1. The Hall–Kier alpha value is -4.03. The zero-order chi connectivity index (χ0) is 30.6. The van der Waals surface area contributed by atoms with E-state index in [1.54, 1.807) is 44.3 Å². The van der Waals surface area contributed by atoms with Crippen LogP contribution in [0.5, 0.6) is 5.75 Å². The van der Waals surface area contributed by atoms with Gasteiger partial charge in [0, 0.05) is 18.0 Å². The number of likely N-dealkylation sites (tertiary alicyclic amines) is 1. The number of nitrogens with zero attached hydrogens (tertiary/aromatic N) is 3. The predicted octanol–water partition coefficient (Wildman–Crippen LogP) is 4.01. The number of nitrogens with one attached hydrogen (secondary N) is 4. The molecule has 1 aromatic heterocycles. The van der Waals surface area contributed by atoms with E-state index in [0.29, 0.717) is 47.5 Å². The van der Waals surface area contributed by atoms with E-state index >= 15 is 0 Å². The van der Waals surface area contributed by atoms with E-state index in [1.807, 2.05) is 20.8 Å². The Morgan fingerprint density at radius 2 is 1.84 bits per heavy atom. The van der Waals surface area contributed by atoms with Crippen molar-refractivity contribution in [2.45, 2.75) is 58.7 Å². The summed E-state index contributed by atoms with van der Waals surface area (Å²) in [7, 11) is 3.15. The van der Waals surface area contributed by atoms with Crippen LogP contribution >= 0.6 is 12.4 Å². The summed E-state index contributed by atoms with van der Waals surface area (Å²) in [5.41, 5.74) is 0.524. The van der Waals surface area contributed by atoms with Gasteiger partial charge in [0.05, 0.1) is 30.0 Å². The molecule has 2 aromatic carbocycles. The van der Waals surface area contributed by atoms with E-state index in [2.05, 4.69) is 31.2 Å². The lowest BCUT2D eigenvalue weighted by atomic mass is 9.85. The van der Waals surface area contributed by atoms with E-state index < -0.39 is 29.4 Å². The van der Waals surface area contributed by atoms with Crippen LogP contribution in [0.1, 0.15) is 40.5 Å². The van der Waals surface area contributed by atoms with Crippen molar-refractivity contribution in [2.24, 2.45) is 5.41 Å². The minimum atomic E-state index is -0.825. The molecule has 0 radical (unpaired) electrons. The fourth-order valence-electron chi connectivity index (χ4n) is 4.87. The van der Waals surface area contributed by atoms with Gasteiger partial charge in [-0.15, -0.1) is 12.4 Å². The zero-order valence-electron chi connectivity index (χ0n) is 25.2. The van der Waals surface area contributed by atoms with E-state index in [9.17, 15) is 18.8 Å². The van der Waals surface area contributed by atoms with E-state index in [1.165, 1.54) is 24.4 Å². The Morgan fingerprint density at radius 3 is 2.49 bits per heavy atom. The Kier molecular flexibility index (Phi) is 10.9. The van der Waals surface area contributed by atoms with Crippen molar-refractivity contribution in [3.8, 4) is 5.75 Å². The number of ether oxygens (including phenoxy) is 1. The van der Waals surface area contributed by atoms with Crippen LogP contribution in [0.2, 0.25) is 0 Å². The van der Waals surface area contributed by atoms with Crippen LogP contribution in [0.25, 0.3) is 10.9 Å². The quantitative estimate of drug-likeness (QED) is 0.283. The average molecular weight is 616 g/mol. The molecule has 3 amide bonds. The molecule has 13 heteroatoms. The molecule has 4 N–H and O–H groups in total. The van der Waals surface area contributed by atoms with Crippen molar-refractivity contribution in [3.05, 3.63) is 48.5 Å². The summed E-state index contributed by atoms with van der Waals surface area (Å²) in [4.78, 5) is 50.2. The van der Waals surface area contributed by atoms with E-state index in [4.69, 9.17) is 4.74 Å². The largest absolute Gasteiger partial charge is 0.494 e. The molecule has 0 unspecified atom stereocenters. The Labute approximate surface area is 256 Å². The van der Waals surface area contributed by atoms with Crippen molar-refractivity contribution in [1.82, 2.24) is 25.5 Å². The van der Waals surface area contributed by atoms with Gasteiger partial charge in [-0.1, -0.05) is 32.9 Å². The maximum Gasteiger partial charge on any atom is 0.247 e. The number of rotatable bonds is 9. The molecule has 1 aliphatic heterocycles. The summed E-state index contributed by atoms with van der Waals surface area (Å²) < 4.78 is 19.9. The molecule has 11 nitrogen and oxygen atoms in total. The second kappa shape index (κ2) is 14.0. The lowest BCUT2D eigenvalue weighted by Crippen LogP contribution is -2.59. The summed E-state index contributed by atoms with van der Waals surface area (Å²) in [6, 6.07) is 7.49. The summed E-state index contributed by atoms with van der Waals surface area (Å²) in [6.45, 7) is 7.73. The zero-order valence-corrected chi connectivity index (χ0v) is 26.0. The van der Waals surface area contributed by atoms with Gasteiger partial charge in [0.2, 0.25) is 17.7 Å². The van der Waals surface area contributed by atoms with Gasteiger partial charge in [0.15, 0.2) is 0 Å². The molecule has 0 aliphatic carbocycles. The molecule has 1 aliphatic rings. The number of aromatic nitrogens is 2. The maximum absolute atomic E-state index is 14.3. The molecule has 1 fully saturated rings. The first kappa shape index (κ1) is 33.5. The molecule has 43 heavy (non-hydrogen) atoms. The molecule has 3 atom stereocenters. The topological polar surface area (TPSA) is 138 Å². The van der Waals surface area contributed by atoms with Gasteiger partial charge in [-0.05, 0) is 50.4 Å². The van der Waals surface area contributed by atoms with Gasteiger partial charge < -0.3 is 30.9 Å². The number of hydrogen-bond acceptors (Lipinski definition) is 8. The van der Waals surface area contributed by atoms with Gasteiger partial charge in [-0.3, -0.25) is 14.4 Å². The summed E-state index contributed by atoms with van der Waals surface area (Å²) in [5, 5.41) is 12.2. The lowest BCUT2D eigenvalue weighted by Gasteiger charge is -2.36. The van der Waals surface area contributed by atoms with Gasteiger partial charge in [-0.2, -0.15) is 0 Å². The predicted molar refractivity (Wildman–Crippen MR) is 166 cm³/mol. The number of carbonyl (C=O) groups is 3. The SMILES string of the molecule is CN[C@@H](C)C(=O)N[C@H](C(=O)N1CCC[C@H]1C(=O)Nc1cc2c(Nc3ccccc3F)ncnc2cc1OC)C(C)(C)C.Cl. The molecule has 2 heterocycles. The fraction of sp³-hybridized carbons (Fsp3) is 0.433. The molecule has 0 saturated carbocycles. The highest BCUT2D eigenvalue weighted by atomic mass is 35.5. The number of carbonyl (C=O) groups excluding carboxylic acids is 3. The summed E-state index contributed by atoms with van der Waals surface area (Å²) >= 11 is 0. The van der Waals surface area contributed by atoms with E-state index in [0.717, 1.165) is 0 Å². The third-order valence-corrected chi connectivity index (χ3v) is 7.41. The number of benzene rings is 2. The van der Waals surface area contributed by atoms with Crippen LogP contribution in [0, 0.1) is 11.2 Å². The molecular weight excluding hydrogens is 577 g/mol. The number of likely N-dealkylation sites (N-methyl/N-ethyl adjacent to an activating group) is 1. The molecule has 232 valence electrons. The summed E-state index contributed by atoms with van der Waals surface area (Å²) in [5.74, 6) is -0.728. The second-order valence-corrected chi connectivity index (χ2v) is 11.4. The first-order valence-electron chi connectivity index (χ1n) is 13.9. The highest BCUT2D eigenvalue weighted by Crippen LogP contribution is 2.34. The van der Waals surface area contributed by atoms with Crippen molar-refractivity contribution in [1.29, 1.82) is 0 Å². The Bertz CT molecular complexity index is 1480. The first-order valence-corrected chi connectivity index (χ1v) is 13.9. The second-order valence-electron chi connectivity index (χ2n) is 11.4. The van der Waals surface area contributed by atoms with Crippen LogP contribution < -0.4 is 26.0 Å². The van der Waals surface area contributed by atoms with Gasteiger partial charge in [0.1, 0.15) is 35.8 Å². The fourth-order valence-corrected chi connectivity index (χ4v) is 4.87. The van der Waals surface area contributed by atoms with Crippen LogP contribution in [-0.4, -0.2) is 71.4 Å². The number of anilines is 3. The van der Waals surface area contributed by atoms with E-state index in [-0.39, 0.29) is 35.8 Å². The third kappa shape index (κ3) is 7.49. The molecule has 4 rings (SSSR count). The van der Waals surface area contributed by atoms with Gasteiger partial charge in [0.25, 0.3) is 0 Å². The molecule has 0 bridgehead atoms. The number of fused-ring (bicyclic) bond motifs is 1. The number of para-hydroxylation sites is 1. The van der Waals surface area contributed by atoms with Crippen molar-refractivity contribution in [2.75, 3.05) is 31.3 Å². The number of halogens is 2. The maximum atomic E-state index is 14.3. The molecule has 1 saturated heterocycles. The van der Waals surface area contributed by atoms with Gasteiger partial charge >= 0.3 is 0 Å². The van der Waals surface area contributed by atoms with Crippen LogP contribution in [-0.2, 0) is 14.4 Å².